The van der Waals surface area contributed by atoms with Gasteiger partial charge in [-0.2, -0.15) is 0 Å². The molecule has 0 spiro atoms. The van der Waals surface area contributed by atoms with E-state index in [0.29, 0.717) is 16.8 Å². The molecule has 0 radical (unpaired) electrons. The summed E-state index contributed by atoms with van der Waals surface area (Å²) in [6.45, 7) is -0.103. The van der Waals surface area contributed by atoms with Crippen molar-refractivity contribution in [1.29, 1.82) is 0 Å². The molecule has 1 N–H and O–H groups in total. The molecule has 0 atom stereocenters. The largest absolute Gasteiger partial charge is 0.325 e. The average Bonchev–Trinajstić information content (AvgIpc) is 3.00. The van der Waals surface area contributed by atoms with Crippen molar-refractivity contribution in [2.24, 2.45) is 0 Å². The van der Waals surface area contributed by atoms with Gasteiger partial charge in [0.1, 0.15) is 4.90 Å². The molecule has 162 valence electrons. The third-order valence-electron chi connectivity index (χ3n) is 5.16. The Morgan fingerprint density at radius 1 is 0.844 bits per heavy atom. The summed E-state index contributed by atoms with van der Waals surface area (Å²) < 4.78 is 26.0. The third-order valence-corrected chi connectivity index (χ3v) is 7.00. The molecule has 4 rings (SSSR count). The molecule has 0 bridgehead atoms. The molecule has 0 aliphatic carbocycles. The molecular formula is C24H20N2O5S. The van der Waals surface area contributed by atoms with Gasteiger partial charge in [-0.25, -0.2) is 12.7 Å². The molecule has 1 heterocycles. The first-order valence-corrected chi connectivity index (χ1v) is 11.5. The van der Waals surface area contributed by atoms with E-state index in [1.165, 1.54) is 12.1 Å². The second kappa shape index (κ2) is 8.76. The number of ketones is 1. The standard InChI is InChI=1S/C24H20N2O5S/c27-22(15-8-16-26-24(29)19-12-5-7-14-21(19)32(26,30)31)25-20-13-6-4-11-18(20)23(28)17-9-2-1-3-10-17/h1-7,9-14H,8,15-16H2,(H,25,27). The second-order valence-corrected chi connectivity index (χ2v) is 9.10. The van der Waals surface area contributed by atoms with Gasteiger partial charge in [-0.15, -0.1) is 0 Å². The fourth-order valence-electron chi connectivity index (χ4n) is 3.58. The summed E-state index contributed by atoms with van der Waals surface area (Å²) >= 11 is 0. The van der Waals surface area contributed by atoms with Gasteiger partial charge in [-0.1, -0.05) is 54.6 Å². The molecule has 8 heteroatoms. The van der Waals surface area contributed by atoms with Gasteiger partial charge in [-0.3, -0.25) is 14.4 Å². The van der Waals surface area contributed by atoms with Gasteiger partial charge in [0.05, 0.1) is 11.3 Å². The maximum absolute atomic E-state index is 12.8. The molecule has 0 fully saturated rings. The minimum atomic E-state index is -3.89. The second-order valence-electron chi connectivity index (χ2n) is 7.27. The maximum atomic E-state index is 12.8. The first kappa shape index (κ1) is 21.5. The number of rotatable bonds is 7. The van der Waals surface area contributed by atoms with E-state index in [2.05, 4.69) is 5.32 Å². The molecule has 0 saturated carbocycles. The van der Waals surface area contributed by atoms with Gasteiger partial charge in [-0.05, 0) is 30.7 Å². The Morgan fingerprint density at radius 2 is 1.50 bits per heavy atom. The van der Waals surface area contributed by atoms with Crippen molar-refractivity contribution < 1.29 is 22.8 Å². The van der Waals surface area contributed by atoms with Crippen LogP contribution in [0.1, 0.15) is 39.1 Å². The lowest BCUT2D eigenvalue weighted by atomic mass is 10.0. The molecule has 0 unspecified atom stereocenters. The fourth-order valence-corrected chi connectivity index (χ4v) is 5.19. The first-order valence-electron chi connectivity index (χ1n) is 10.0. The highest BCUT2D eigenvalue weighted by molar-refractivity contribution is 7.90. The Labute approximate surface area is 185 Å². The summed E-state index contributed by atoms with van der Waals surface area (Å²) in [4.78, 5) is 37.7. The van der Waals surface area contributed by atoms with E-state index in [0.717, 1.165) is 4.31 Å². The monoisotopic (exact) mass is 448 g/mol. The molecule has 0 saturated heterocycles. The summed E-state index contributed by atoms with van der Waals surface area (Å²) in [6, 6.07) is 21.5. The summed E-state index contributed by atoms with van der Waals surface area (Å²) in [5.74, 6) is -1.17. The minimum Gasteiger partial charge on any atom is -0.325 e. The fraction of sp³-hybridized carbons (Fsp3) is 0.125. The number of anilines is 1. The molecule has 0 aromatic heterocycles. The van der Waals surface area contributed by atoms with E-state index in [1.54, 1.807) is 60.7 Å². The van der Waals surface area contributed by atoms with Gasteiger partial charge in [0.15, 0.2) is 5.78 Å². The van der Waals surface area contributed by atoms with Crippen LogP contribution in [0.15, 0.2) is 83.8 Å². The lowest BCUT2D eigenvalue weighted by Crippen LogP contribution is -2.31. The Morgan fingerprint density at radius 3 is 2.25 bits per heavy atom. The first-order chi connectivity index (χ1) is 15.4. The van der Waals surface area contributed by atoms with E-state index in [9.17, 15) is 22.8 Å². The Bertz CT molecular complexity index is 1300. The Hall–Kier alpha value is -3.78. The predicted octanol–water partition coefficient (Wildman–Crippen LogP) is 3.48. The van der Waals surface area contributed by atoms with Crippen molar-refractivity contribution >= 4 is 33.3 Å². The number of hydrogen-bond acceptors (Lipinski definition) is 5. The zero-order valence-corrected chi connectivity index (χ0v) is 17.8. The number of carbonyl (C=O) groups excluding carboxylic acids is 3. The van der Waals surface area contributed by atoms with Crippen molar-refractivity contribution in [1.82, 2.24) is 4.31 Å². The third kappa shape index (κ3) is 4.04. The van der Waals surface area contributed by atoms with Crippen molar-refractivity contribution in [2.75, 3.05) is 11.9 Å². The molecule has 1 aliphatic heterocycles. The number of fused-ring (bicyclic) bond motifs is 1. The summed E-state index contributed by atoms with van der Waals surface area (Å²) in [5.41, 5.74) is 1.39. The van der Waals surface area contributed by atoms with Gasteiger partial charge >= 0.3 is 0 Å². The molecule has 1 aliphatic rings. The quantitative estimate of drug-likeness (QED) is 0.558. The van der Waals surface area contributed by atoms with E-state index >= 15 is 0 Å². The van der Waals surface area contributed by atoms with Crippen LogP contribution in [0.4, 0.5) is 5.69 Å². The minimum absolute atomic E-state index is 0.0104. The average molecular weight is 449 g/mol. The van der Waals surface area contributed by atoms with Crippen molar-refractivity contribution in [3.63, 3.8) is 0 Å². The molecule has 32 heavy (non-hydrogen) atoms. The molecular weight excluding hydrogens is 428 g/mol. The van der Waals surface area contributed by atoms with Gasteiger partial charge in [0.2, 0.25) is 5.91 Å². The zero-order chi connectivity index (χ0) is 22.7. The summed E-state index contributed by atoms with van der Waals surface area (Å²) in [6.07, 6.45) is 0.142. The number of nitrogens with one attached hydrogen (secondary N) is 1. The lowest BCUT2D eigenvalue weighted by molar-refractivity contribution is -0.116. The van der Waals surface area contributed by atoms with Crippen LogP contribution in [0.3, 0.4) is 0 Å². The molecule has 3 aromatic rings. The lowest BCUT2D eigenvalue weighted by Gasteiger charge is -2.15. The predicted molar refractivity (Wildman–Crippen MR) is 119 cm³/mol. The zero-order valence-electron chi connectivity index (χ0n) is 17.0. The highest BCUT2D eigenvalue weighted by Crippen LogP contribution is 2.30. The van der Waals surface area contributed by atoms with Crippen LogP contribution in [0, 0.1) is 0 Å². The van der Waals surface area contributed by atoms with Gasteiger partial charge in [0.25, 0.3) is 15.9 Å². The number of para-hydroxylation sites is 1. The normalized spacial score (nSPS) is 14.1. The van der Waals surface area contributed by atoms with Crippen molar-refractivity contribution in [2.45, 2.75) is 17.7 Å². The highest BCUT2D eigenvalue weighted by atomic mass is 32.2. The van der Waals surface area contributed by atoms with Crippen LogP contribution in [0.5, 0.6) is 0 Å². The van der Waals surface area contributed by atoms with Gasteiger partial charge < -0.3 is 5.32 Å². The number of benzene rings is 3. The summed E-state index contributed by atoms with van der Waals surface area (Å²) in [7, 11) is -3.89. The van der Waals surface area contributed by atoms with Crippen LogP contribution in [-0.2, 0) is 14.8 Å². The van der Waals surface area contributed by atoms with Crippen molar-refractivity contribution in [3.05, 3.63) is 95.6 Å². The van der Waals surface area contributed by atoms with Crippen LogP contribution in [0.2, 0.25) is 0 Å². The molecule has 2 amide bonds. The SMILES string of the molecule is O=C(CCCN1C(=O)c2ccccc2S1(=O)=O)Nc1ccccc1C(=O)c1ccccc1. The van der Waals surface area contributed by atoms with Crippen LogP contribution in [0.25, 0.3) is 0 Å². The van der Waals surface area contributed by atoms with Crippen LogP contribution in [-0.4, -0.2) is 36.9 Å². The van der Waals surface area contributed by atoms with Crippen molar-refractivity contribution in [3.8, 4) is 0 Å². The number of nitrogens with zero attached hydrogens (tertiary/aromatic N) is 1. The van der Waals surface area contributed by atoms with Gasteiger partial charge in [0, 0.05) is 24.1 Å². The topological polar surface area (TPSA) is 101 Å². The Balaban J connectivity index is 1.40. The molecule has 3 aromatic carbocycles. The van der Waals surface area contributed by atoms with Crippen LogP contribution < -0.4 is 5.32 Å². The van der Waals surface area contributed by atoms with Crippen LogP contribution >= 0.6 is 0 Å². The smallest absolute Gasteiger partial charge is 0.269 e. The number of hydrogen-bond donors (Lipinski definition) is 1. The number of sulfonamides is 1. The Kier molecular flexibility index (Phi) is 5.87. The summed E-state index contributed by atoms with van der Waals surface area (Å²) in [5, 5.41) is 2.72. The highest BCUT2D eigenvalue weighted by Gasteiger charge is 2.40. The van der Waals surface area contributed by atoms with E-state index in [-0.39, 0.29) is 41.5 Å². The van der Waals surface area contributed by atoms with E-state index in [4.69, 9.17) is 0 Å². The maximum Gasteiger partial charge on any atom is 0.269 e. The number of amides is 2. The van der Waals surface area contributed by atoms with E-state index < -0.39 is 15.9 Å². The number of carbonyl (C=O) groups is 3. The molecule has 7 nitrogen and oxygen atoms in total. The van der Waals surface area contributed by atoms with E-state index in [1.807, 2.05) is 6.07 Å².